The Morgan fingerprint density at radius 1 is 1.24 bits per heavy atom. The summed E-state index contributed by atoms with van der Waals surface area (Å²) in [5, 5.41) is 0. The number of thioether (sulfide) groups is 1. The summed E-state index contributed by atoms with van der Waals surface area (Å²) in [5.41, 5.74) is 3.89. The van der Waals surface area contributed by atoms with Gasteiger partial charge in [-0.2, -0.15) is 0 Å². The molecule has 0 aromatic heterocycles. The Kier molecular flexibility index (Phi) is 4.43. The van der Waals surface area contributed by atoms with Gasteiger partial charge >= 0.3 is 0 Å². The summed E-state index contributed by atoms with van der Waals surface area (Å²) in [6.07, 6.45) is 5.72. The maximum Gasteiger partial charge on any atom is 0.0510 e. The van der Waals surface area contributed by atoms with Crippen LogP contribution in [0.1, 0.15) is 37.8 Å². The molecule has 1 nitrogen and oxygen atoms in total. The lowest BCUT2D eigenvalue weighted by Gasteiger charge is -2.12. The number of nitrogens with zero attached hydrogens (tertiary/aromatic N) is 1. The van der Waals surface area contributed by atoms with Gasteiger partial charge in [0.25, 0.3) is 0 Å². The molecule has 1 aromatic rings. The molecule has 1 aromatic carbocycles. The van der Waals surface area contributed by atoms with Gasteiger partial charge in [-0.05, 0) is 30.9 Å². The third kappa shape index (κ3) is 3.22. The first-order valence-corrected chi connectivity index (χ1v) is 7.25. The zero-order valence-electron chi connectivity index (χ0n) is 10.6. The molecule has 0 unspecified atom stereocenters. The van der Waals surface area contributed by atoms with Crippen molar-refractivity contribution in [3.8, 4) is 0 Å². The molecule has 0 saturated carbocycles. The molecule has 0 amide bonds. The quantitative estimate of drug-likeness (QED) is 0.759. The van der Waals surface area contributed by atoms with Gasteiger partial charge in [-0.25, -0.2) is 0 Å². The van der Waals surface area contributed by atoms with Crippen molar-refractivity contribution in [1.82, 2.24) is 0 Å². The molecule has 17 heavy (non-hydrogen) atoms. The second kappa shape index (κ2) is 6.06. The molecule has 2 rings (SSSR count). The highest BCUT2D eigenvalue weighted by molar-refractivity contribution is 8.08. The molecule has 1 aliphatic heterocycles. The zero-order chi connectivity index (χ0) is 12.1. The van der Waals surface area contributed by atoms with Crippen molar-refractivity contribution in [1.29, 1.82) is 0 Å². The number of unbranched alkanes of at least 4 members (excludes halogenated alkanes) is 1. The average Bonchev–Trinajstić information content (AvgIpc) is 2.38. The van der Waals surface area contributed by atoms with E-state index in [1.807, 2.05) is 18.0 Å². The lowest BCUT2D eigenvalue weighted by Crippen LogP contribution is -1.94. The van der Waals surface area contributed by atoms with Crippen molar-refractivity contribution >= 4 is 22.9 Å². The fourth-order valence-electron chi connectivity index (χ4n) is 1.95. The van der Waals surface area contributed by atoms with Crippen LogP contribution in [-0.4, -0.2) is 12.0 Å². The van der Waals surface area contributed by atoms with Gasteiger partial charge in [-0.15, -0.1) is 11.8 Å². The van der Waals surface area contributed by atoms with E-state index in [1.165, 1.54) is 35.3 Å². The molecule has 1 heterocycles. The van der Waals surface area contributed by atoms with Gasteiger partial charge in [0.05, 0.1) is 5.70 Å². The number of benzene rings is 1. The molecule has 0 aliphatic carbocycles. The minimum atomic E-state index is 0.990. The summed E-state index contributed by atoms with van der Waals surface area (Å²) in [6.45, 7) is 4.32. The summed E-state index contributed by atoms with van der Waals surface area (Å²) < 4.78 is 0. The maximum atomic E-state index is 4.39. The van der Waals surface area contributed by atoms with Crippen molar-refractivity contribution in [2.24, 2.45) is 4.99 Å². The van der Waals surface area contributed by atoms with Crippen molar-refractivity contribution in [3.63, 3.8) is 0 Å². The Bertz CT molecular complexity index is 429. The van der Waals surface area contributed by atoms with E-state index in [2.05, 4.69) is 43.1 Å². The largest absolute Gasteiger partial charge is 0.264 e. The molecule has 0 radical (unpaired) electrons. The second-order valence-corrected chi connectivity index (χ2v) is 5.37. The van der Waals surface area contributed by atoms with Crippen LogP contribution in [0.15, 0.2) is 35.0 Å². The van der Waals surface area contributed by atoms with Crippen LogP contribution in [0.2, 0.25) is 0 Å². The number of rotatable bonds is 4. The fourth-order valence-corrected chi connectivity index (χ4v) is 2.83. The SMILES string of the molecule is CCCCc1ccc(C2=C(C)N=CCS2)cc1. The number of hydrogen-bond donors (Lipinski definition) is 0. The van der Waals surface area contributed by atoms with E-state index in [1.54, 1.807) is 0 Å². The first-order valence-electron chi connectivity index (χ1n) is 6.26. The van der Waals surface area contributed by atoms with Crippen LogP contribution >= 0.6 is 11.8 Å². The van der Waals surface area contributed by atoms with Gasteiger partial charge in [-0.1, -0.05) is 37.6 Å². The first-order chi connectivity index (χ1) is 8.31. The summed E-state index contributed by atoms with van der Waals surface area (Å²) in [6, 6.07) is 8.98. The first kappa shape index (κ1) is 12.4. The predicted molar refractivity (Wildman–Crippen MR) is 78.6 cm³/mol. The molecule has 0 saturated heterocycles. The molecule has 0 fully saturated rings. The third-order valence-electron chi connectivity index (χ3n) is 2.95. The Morgan fingerprint density at radius 3 is 2.65 bits per heavy atom. The fraction of sp³-hybridized carbons (Fsp3) is 0.400. The van der Waals surface area contributed by atoms with Gasteiger partial charge in [0, 0.05) is 16.9 Å². The van der Waals surface area contributed by atoms with E-state index in [0.717, 1.165) is 11.4 Å². The molecule has 2 heteroatoms. The number of hydrogen-bond acceptors (Lipinski definition) is 2. The van der Waals surface area contributed by atoms with E-state index < -0.39 is 0 Å². The highest BCUT2D eigenvalue weighted by atomic mass is 32.2. The van der Waals surface area contributed by atoms with Crippen LogP contribution in [0.5, 0.6) is 0 Å². The second-order valence-electron chi connectivity index (χ2n) is 4.34. The number of aryl methyl sites for hydroxylation is 1. The lowest BCUT2D eigenvalue weighted by molar-refractivity contribution is 0.795. The van der Waals surface area contributed by atoms with Crippen LogP contribution in [0.3, 0.4) is 0 Å². The Morgan fingerprint density at radius 2 is 2.00 bits per heavy atom. The minimum absolute atomic E-state index is 0.990. The van der Waals surface area contributed by atoms with Crippen LogP contribution in [0, 0.1) is 0 Å². The zero-order valence-corrected chi connectivity index (χ0v) is 11.4. The van der Waals surface area contributed by atoms with Gasteiger partial charge in [0.1, 0.15) is 0 Å². The van der Waals surface area contributed by atoms with Gasteiger partial charge in [0.2, 0.25) is 0 Å². The maximum absolute atomic E-state index is 4.39. The highest BCUT2D eigenvalue weighted by Crippen LogP contribution is 2.33. The summed E-state index contributed by atoms with van der Waals surface area (Å²) in [4.78, 5) is 5.72. The molecule has 1 aliphatic rings. The van der Waals surface area contributed by atoms with E-state index in [0.29, 0.717) is 0 Å². The third-order valence-corrected chi connectivity index (χ3v) is 4.09. The molecule has 0 spiro atoms. The summed E-state index contributed by atoms with van der Waals surface area (Å²) >= 11 is 1.88. The average molecular weight is 245 g/mol. The molecule has 0 N–H and O–H groups in total. The summed E-state index contributed by atoms with van der Waals surface area (Å²) in [5.74, 6) is 0.990. The van der Waals surface area contributed by atoms with Crippen molar-refractivity contribution in [3.05, 3.63) is 41.1 Å². The van der Waals surface area contributed by atoms with E-state index >= 15 is 0 Å². The van der Waals surface area contributed by atoms with Gasteiger partial charge < -0.3 is 0 Å². The molecular weight excluding hydrogens is 226 g/mol. The Labute approximate surface area is 108 Å². The topological polar surface area (TPSA) is 12.4 Å². The van der Waals surface area contributed by atoms with Crippen LogP contribution in [-0.2, 0) is 6.42 Å². The lowest BCUT2D eigenvalue weighted by atomic mass is 10.1. The number of allylic oxidation sites excluding steroid dienone is 1. The Balaban J connectivity index is 2.15. The van der Waals surface area contributed by atoms with E-state index in [9.17, 15) is 0 Å². The monoisotopic (exact) mass is 245 g/mol. The Hall–Kier alpha value is -1.02. The molecule has 90 valence electrons. The van der Waals surface area contributed by atoms with Crippen LogP contribution in [0.25, 0.3) is 4.91 Å². The molecular formula is C15H19NS. The molecule has 0 bridgehead atoms. The van der Waals surface area contributed by atoms with Crippen LogP contribution < -0.4 is 0 Å². The smallest absolute Gasteiger partial charge is 0.0510 e. The molecule has 0 atom stereocenters. The summed E-state index contributed by atoms with van der Waals surface area (Å²) in [7, 11) is 0. The van der Waals surface area contributed by atoms with Crippen molar-refractivity contribution < 1.29 is 0 Å². The van der Waals surface area contributed by atoms with E-state index in [4.69, 9.17) is 0 Å². The standard InChI is InChI=1S/C15H19NS/c1-3-4-5-13-6-8-14(9-7-13)15-12(2)16-10-11-17-15/h6-10H,3-5,11H2,1-2H3. The van der Waals surface area contributed by atoms with Crippen molar-refractivity contribution in [2.75, 3.05) is 5.75 Å². The normalized spacial score (nSPS) is 15.4. The van der Waals surface area contributed by atoms with Gasteiger partial charge in [0.15, 0.2) is 0 Å². The van der Waals surface area contributed by atoms with Crippen LogP contribution in [0.4, 0.5) is 0 Å². The minimum Gasteiger partial charge on any atom is -0.264 e. The van der Waals surface area contributed by atoms with Crippen molar-refractivity contribution in [2.45, 2.75) is 33.1 Å². The highest BCUT2D eigenvalue weighted by Gasteiger charge is 2.09. The predicted octanol–water partition coefficient (Wildman–Crippen LogP) is 4.54. The van der Waals surface area contributed by atoms with Gasteiger partial charge in [-0.3, -0.25) is 4.99 Å². The van der Waals surface area contributed by atoms with E-state index in [-0.39, 0.29) is 0 Å². The number of aliphatic imine (C=N–C) groups is 1.